The number of anilines is 1. The Labute approximate surface area is 158 Å². The van der Waals surface area contributed by atoms with Gasteiger partial charge in [0.15, 0.2) is 0 Å². The zero-order valence-electron chi connectivity index (χ0n) is 15.5. The molecule has 0 radical (unpaired) electrons. The number of ether oxygens (including phenoxy) is 1. The maximum atomic E-state index is 13.1. The molecule has 1 aromatic rings. The molecular weight excluding hydrogens is 351 g/mol. The van der Waals surface area contributed by atoms with Gasteiger partial charge in [-0.25, -0.2) is 9.18 Å². The molecule has 3 heterocycles. The zero-order valence-corrected chi connectivity index (χ0v) is 15.5. The Bertz CT molecular complexity index is 720. The van der Waals surface area contributed by atoms with Crippen LogP contribution in [0.5, 0.6) is 0 Å². The molecule has 3 fully saturated rings. The maximum Gasteiger partial charge on any atom is 0.321 e. The van der Waals surface area contributed by atoms with Gasteiger partial charge in [-0.15, -0.1) is 0 Å². The van der Waals surface area contributed by atoms with Gasteiger partial charge in [-0.2, -0.15) is 0 Å². The Morgan fingerprint density at radius 1 is 1.26 bits per heavy atom. The van der Waals surface area contributed by atoms with E-state index in [-0.39, 0.29) is 29.5 Å². The summed E-state index contributed by atoms with van der Waals surface area (Å²) in [6.45, 7) is 5.55. The van der Waals surface area contributed by atoms with Crippen LogP contribution in [0.25, 0.3) is 0 Å². The summed E-state index contributed by atoms with van der Waals surface area (Å²) in [5, 5.41) is 2.79. The highest BCUT2D eigenvalue weighted by Crippen LogP contribution is 2.40. The van der Waals surface area contributed by atoms with E-state index >= 15 is 0 Å². The SMILES string of the molecule is CCN1C(=O)[C@H]2CN(C(=O)Nc3ccc(F)cc3)CCN2C12CCOCC2. The maximum absolute atomic E-state index is 13.1. The van der Waals surface area contributed by atoms with Crippen molar-refractivity contribution >= 4 is 17.6 Å². The lowest BCUT2D eigenvalue weighted by Gasteiger charge is -2.48. The predicted molar refractivity (Wildman–Crippen MR) is 97.7 cm³/mol. The van der Waals surface area contributed by atoms with Crippen LogP contribution in [0, 0.1) is 5.82 Å². The number of nitrogens with one attached hydrogen (secondary N) is 1. The first kappa shape index (κ1) is 18.2. The first-order valence-corrected chi connectivity index (χ1v) is 9.52. The molecule has 3 aliphatic rings. The normalized spacial score (nSPS) is 25.0. The van der Waals surface area contributed by atoms with Gasteiger partial charge in [0.05, 0.1) is 13.2 Å². The lowest BCUT2D eigenvalue weighted by Crippen LogP contribution is -2.62. The van der Waals surface area contributed by atoms with Crippen LogP contribution >= 0.6 is 0 Å². The number of halogens is 1. The van der Waals surface area contributed by atoms with E-state index in [1.165, 1.54) is 24.3 Å². The average Bonchev–Trinajstić information content (AvgIpc) is 2.91. The molecule has 3 amide bonds. The van der Waals surface area contributed by atoms with Crippen molar-refractivity contribution in [1.82, 2.24) is 14.7 Å². The lowest BCUT2D eigenvalue weighted by atomic mass is 9.96. The van der Waals surface area contributed by atoms with E-state index in [0.29, 0.717) is 45.1 Å². The molecule has 0 unspecified atom stereocenters. The third kappa shape index (κ3) is 3.06. The molecule has 1 spiro atoms. The Morgan fingerprint density at radius 2 is 1.96 bits per heavy atom. The molecule has 1 atom stereocenters. The smallest absolute Gasteiger partial charge is 0.321 e. The van der Waals surface area contributed by atoms with E-state index in [0.717, 1.165) is 12.8 Å². The van der Waals surface area contributed by atoms with Crippen molar-refractivity contribution < 1.29 is 18.7 Å². The third-order valence-electron chi connectivity index (χ3n) is 5.96. The number of amides is 3. The molecule has 146 valence electrons. The van der Waals surface area contributed by atoms with Gasteiger partial charge in [-0.1, -0.05) is 0 Å². The fraction of sp³-hybridized carbons (Fsp3) is 0.579. The summed E-state index contributed by atoms with van der Waals surface area (Å²) in [4.78, 5) is 31.6. The van der Waals surface area contributed by atoms with E-state index in [9.17, 15) is 14.0 Å². The summed E-state index contributed by atoms with van der Waals surface area (Å²) in [7, 11) is 0. The summed E-state index contributed by atoms with van der Waals surface area (Å²) < 4.78 is 18.6. The number of fused-ring (bicyclic) bond motifs is 2. The van der Waals surface area contributed by atoms with Crippen molar-refractivity contribution in [2.75, 3.05) is 44.7 Å². The first-order valence-electron chi connectivity index (χ1n) is 9.52. The fourth-order valence-corrected chi connectivity index (χ4v) is 4.66. The quantitative estimate of drug-likeness (QED) is 0.854. The van der Waals surface area contributed by atoms with Crippen LogP contribution in [0.1, 0.15) is 19.8 Å². The van der Waals surface area contributed by atoms with Crippen LogP contribution in [-0.4, -0.2) is 77.7 Å². The Kier molecular flexibility index (Phi) is 4.77. The highest BCUT2D eigenvalue weighted by atomic mass is 19.1. The summed E-state index contributed by atoms with van der Waals surface area (Å²) >= 11 is 0. The number of urea groups is 1. The van der Waals surface area contributed by atoms with Gasteiger partial charge in [0.1, 0.15) is 17.5 Å². The van der Waals surface area contributed by atoms with Crippen LogP contribution in [0.3, 0.4) is 0 Å². The number of carbonyl (C=O) groups excluding carboxylic acids is 2. The van der Waals surface area contributed by atoms with Crippen molar-refractivity contribution in [3.63, 3.8) is 0 Å². The van der Waals surface area contributed by atoms with Crippen molar-refractivity contribution in [3.05, 3.63) is 30.1 Å². The molecule has 1 N–H and O–H groups in total. The first-order chi connectivity index (χ1) is 13.0. The number of nitrogens with zero attached hydrogens (tertiary/aromatic N) is 3. The molecule has 0 aromatic heterocycles. The van der Waals surface area contributed by atoms with E-state index in [1.807, 2.05) is 11.8 Å². The Morgan fingerprint density at radius 3 is 2.63 bits per heavy atom. The number of benzene rings is 1. The van der Waals surface area contributed by atoms with Crippen LogP contribution in [0.4, 0.5) is 14.9 Å². The van der Waals surface area contributed by atoms with E-state index in [2.05, 4.69) is 10.2 Å². The minimum atomic E-state index is -0.348. The van der Waals surface area contributed by atoms with Gasteiger partial charge in [-0.05, 0) is 31.2 Å². The molecule has 0 bridgehead atoms. The van der Waals surface area contributed by atoms with Crippen LogP contribution < -0.4 is 5.32 Å². The van der Waals surface area contributed by atoms with E-state index < -0.39 is 0 Å². The second-order valence-corrected chi connectivity index (χ2v) is 7.27. The van der Waals surface area contributed by atoms with Crippen molar-refractivity contribution in [3.8, 4) is 0 Å². The molecular formula is C19H25FN4O3. The molecule has 8 heteroatoms. The zero-order chi connectivity index (χ0) is 19.0. The van der Waals surface area contributed by atoms with Gasteiger partial charge in [-0.3, -0.25) is 9.69 Å². The van der Waals surface area contributed by atoms with Crippen LogP contribution in [0.15, 0.2) is 24.3 Å². The Balaban J connectivity index is 1.48. The van der Waals surface area contributed by atoms with Gasteiger partial charge in [0.25, 0.3) is 0 Å². The number of hydrogen-bond acceptors (Lipinski definition) is 4. The minimum absolute atomic E-state index is 0.0960. The minimum Gasteiger partial charge on any atom is -0.381 e. The topological polar surface area (TPSA) is 65.1 Å². The number of hydrogen-bond donors (Lipinski definition) is 1. The average molecular weight is 376 g/mol. The van der Waals surface area contributed by atoms with Gasteiger partial charge in [0.2, 0.25) is 5.91 Å². The van der Waals surface area contributed by atoms with Gasteiger partial charge >= 0.3 is 6.03 Å². The molecule has 1 aromatic carbocycles. The lowest BCUT2D eigenvalue weighted by molar-refractivity contribution is -0.135. The standard InChI is InChI=1S/C19H25FN4O3/c1-2-23-17(25)16-13-22(18(26)21-15-5-3-14(20)4-6-15)9-10-24(16)19(23)7-11-27-12-8-19/h3-6,16H,2,7-13H2,1H3,(H,21,26)/t16-/m1/s1. The molecule has 0 aliphatic carbocycles. The van der Waals surface area contributed by atoms with Crippen LogP contribution in [0.2, 0.25) is 0 Å². The second-order valence-electron chi connectivity index (χ2n) is 7.27. The molecule has 27 heavy (non-hydrogen) atoms. The third-order valence-corrected chi connectivity index (χ3v) is 5.96. The van der Waals surface area contributed by atoms with E-state index in [1.54, 1.807) is 4.90 Å². The van der Waals surface area contributed by atoms with Crippen molar-refractivity contribution in [2.45, 2.75) is 31.5 Å². The molecule has 0 saturated carbocycles. The largest absolute Gasteiger partial charge is 0.381 e. The number of likely N-dealkylation sites (N-methyl/N-ethyl adjacent to an activating group) is 1. The highest BCUT2D eigenvalue weighted by molar-refractivity contribution is 5.91. The molecule has 3 saturated heterocycles. The number of piperazine rings is 1. The van der Waals surface area contributed by atoms with E-state index in [4.69, 9.17) is 4.74 Å². The highest BCUT2D eigenvalue weighted by Gasteiger charge is 2.57. The van der Waals surface area contributed by atoms with Crippen molar-refractivity contribution in [2.24, 2.45) is 0 Å². The number of carbonyl (C=O) groups is 2. The monoisotopic (exact) mass is 376 g/mol. The fourth-order valence-electron chi connectivity index (χ4n) is 4.66. The summed E-state index contributed by atoms with van der Waals surface area (Å²) in [5.41, 5.74) is 0.270. The second kappa shape index (κ2) is 7.09. The molecule has 4 rings (SSSR count). The van der Waals surface area contributed by atoms with Crippen molar-refractivity contribution in [1.29, 1.82) is 0 Å². The predicted octanol–water partition coefficient (Wildman–Crippen LogP) is 1.71. The molecule has 7 nitrogen and oxygen atoms in total. The summed E-state index contributed by atoms with van der Waals surface area (Å²) in [5.74, 6) is -0.252. The summed E-state index contributed by atoms with van der Waals surface area (Å²) in [6.07, 6.45) is 1.62. The van der Waals surface area contributed by atoms with Gasteiger partial charge < -0.3 is 19.9 Å². The van der Waals surface area contributed by atoms with Gasteiger partial charge in [0, 0.05) is 44.7 Å². The Hall–Kier alpha value is -2.19. The number of rotatable bonds is 2. The summed E-state index contributed by atoms with van der Waals surface area (Å²) in [6, 6.07) is 5.10. The molecule has 3 aliphatic heterocycles. The van der Waals surface area contributed by atoms with Crippen LogP contribution in [-0.2, 0) is 9.53 Å².